The van der Waals surface area contributed by atoms with Gasteiger partial charge in [-0.1, -0.05) is 0 Å². The summed E-state index contributed by atoms with van der Waals surface area (Å²) in [6, 6.07) is -0.534. The van der Waals surface area contributed by atoms with E-state index in [4.69, 9.17) is 9.79 Å². The van der Waals surface area contributed by atoms with Crippen molar-refractivity contribution in [2.24, 2.45) is 20.7 Å². The fourth-order valence-corrected chi connectivity index (χ4v) is 0.565. The zero-order chi connectivity index (χ0) is 7.61. The quantitative estimate of drug-likeness (QED) is 0.436. The molecule has 9 heteroatoms. The fraction of sp³-hybridized carbons (Fsp3) is 0. The molecule has 1 aliphatic heterocycles. The van der Waals surface area contributed by atoms with Crippen LogP contribution in [0.4, 0.5) is 4.21 Å². The van der Waals surface area contributed by atoms with Crippen molar-refractivity contribution in [3.63, 3.8) is 0 Å². The number of amides is 2. The smallest absolute Gasteiger partial charge is 0.245 e. The van der Waals surface area contributed by atoms with Gasteiger partial charge in [0.15, 0.2) is 0 Å². The third-order valence-electron chi connectivity index (χ3n) is 0.501. The first-order chi connectivity index (χ1) is 4.58. The highest BCUT2D eigenvalue weighted by atomic mass is 31.2. The lowest BCUT2D eigenvalue weighted by Gasteiger charge is -1.75. The highest BCUT2D eigenvalue weighted by molar-refractivity contribution is 7.44. The van der Waals surface area contributed by atoms with Gasteiger partial charge in [-0.2, -0.15) is 4.57 Å². The molecule has 0 aromatic rings. The van der Waals surface area contributed by atoms with Gasteiger partial charge in [0.2, 0.25) is 0 Å². The van der Waals surface area contributed by atoms with Crippen LogP contribution in [-0.4, -0.2) is 15.8 Å². The van der Waals surface area contributed by atoms with E-state index in [-0.39, 0.29) is 0 Å². The van der Waals surface area contributed by atoms with E-state index in [0.29, 0.717) is 0 Å². The number of hydrogen-bond acceptors (Lipinski definition) is 3. The summed E-state index contributed by atoms with van der Waals surface area (Å²) in [5.74, 6) is 0. The number of nitrogens with zero attached hydrogens (tertiary/aromatic N) is 4. The lowest BCUT2D eigenvalue weighted by molar-refractivity contribution is 0.00348. The molecule has 54 valence electrons. The summed E-state index contributed by atoms with van der Waals surface area (Å²) in [6.07, 6.45) is 0. The molecule has 0 radical (unpaired) electrons. The predicted molar refractivity (Wildman–Crippen MR) is 27.2 cm³/mol. The zero-order valence-electron chi connectivity index (χ0n) is 4.45. The van der Waals surface area contributed by atoms with Crippen molar-refractivity contribution in [1.82, 2.24) is 0 Å². The Balaban J connectivity index is 2.83. The van der Waals surface area contributed by atoms with Gasteiger partial charge in [0.1, 0.15) is 0 Å². The van der Waals surface area contributed by atoms with Crippen molar-refractivity contribution in [3.8, 4) is 0 Å². The Labute approximate surface area is 54.2 Å². The highest BCUT2D eigenvalue weighted by Gasteiger charge is 2.33. The fourth-order valence-electron chi connectivity index (χ4n) is 0.279. The lowest BCUT2D eigenvalue weighted by Crippen LogP contribution is -1.78. The topological polar surface area (TPSA) is 118 Å². The number of carbonyl (C=O) groups excluding carboxylic acids is 1. The van der Waals surface area contributed by atoms with Crippen LogP contribution in [0.1, 0.15) is 0 Å². The van der Waals surface area contributed by atoms with Crippen molar-refractivity contribution in [2.75, 3.05) is 0 Å². The minimum atomic E-state index is -4.56. The molecule has 0 saturated carbocycles. The molecular formula is CH2N4O4P+. The van der Waals surface area contributed by atoms with Gasteiger partial charge in [-0.15, -0.1) is 4.21 Å². The molecule has 0 unspecified atom stereocenters. The molecule has 0 atom stereocenters. The van der Waals surface area contributed by atoms with Gasteiger partial charge in [-0.25, -0.2) is 9.79 Å². The summed E-state index contributed by atoms with van der Waals surface area (Å²) in [5.41, 5.74) is 0. The molecule has 0 aromatic carbocycles. The SMILES string of the molecule is O=P(O)(O)[O+]=C1N=NN=N1. The summed E-state index contributed by atoms with van der Waals surface area (Å²) in [7, 11) is -4.56. The third kappa shape index (κ3) is 2.09. The molecule has 0 bridgehead atoms. The first kappa shape index (κ1) is 7.13. The molecule has 2 amide bonds. The zero-order valence-corrected chi connectivity index (χ0v) is 5.34. The van der Waals surface area contributed by atoms with Crippen LogP contribution in [0.15, 0.2) is 20.7 Å². The third-order valence-corrected chi connectivity index (χ3v) is 0.902. The molecule has 0 aromatic heterocycles. The van der Waals surface area contributed by atoms with Crippen molar-refractivity contribution < 1.29 is 18.6 Å². The molecule has 1 heterocycles. The van der Waals surface area contributed by atoms with E-state index in [1.807, 2.05) is 0 Å². The van der Waals surface area contributed by atoms with Crippen LogP contribution in [0.2, 0.25) is 0 Å². The van der Waals surface area contributed by atoms with E-state index >= 15 is 0 Å². The van der Waals surface area contributed by atoms with Gasteiger partial charge >= 0.3 is 13.9 Å². The van der Waals surface area contributed by atoms with E-state index in [0.717, 1.165) is 0 Å². The Hall–Kier alpha value is -0.980. The second-order valence-corrected chi connectivity index (χ2v) is 2.41. The summed E-state index contributed by atoms with van der Waals surface area (Å²) in [4.78, 5) is 16.3. The Bertz CT molecular complexity index is 246. The maximum Gasteiger partial charge on any atom is 0.766 e. The number of phosphoric acid groups is 1. The Kier molecular flexibility index (Phi) is 1.66. The first-order valence-corrected chi connectivity index (χ1v) is 3.55. The second kappa shape index (κ2) is 2.33. The minimum Gasteiger partial charge on any atom is -0.245 e. The minimum absolute atomic E-state index is 0.534. The molecule has 0 fully saturated rings. The number of urea groups is 1. The Morgan fingerprint density at radius 2 is 1.80 bits per heavy atom. The molecule has 2 N–H and O–H groups in total. The van der Waals surface area contributed by atoms with Crippen molar-refractivity contribution in [2.45, 2.75) is 0 Å². The van der Waals surface area contributed by atoms with E-state index in [9.17, 15) is 4.57 Å². The maximum absolute atomic E-state index is 10.0. The van der Waals surface area contributed by atoms with E-state index in [2.05, 4.69) is 24.9 Å². The molecule has 0 aliphatic carbocycles. The van der Waals surface area contributed by atoms with E-state index < -0.39 is 13.9 Å². The van der Waals surface area contributed by atoms with E-state index in [1.54, 1.807) is 0 Å². The number of rotatable bonds is 1. The monoisotopic (exact) mass is 165 g/mol. The second-order valence-electron chi connectivity index (χ2n) is 1.24. The largest absolute Gasteiger partial charge is 0.766 e. The molecule has 0 spiro atoms. The van der Waals surface area contributed by atoms with Gasteiger partial charge in [0.05, 0.1) is 0 Å². The Morgan fingerprint density at radius 1 is 1.30 bits per heavy atom. The van der Waals surface area contributed by atoms with Crippen LogP contribution >= 0.6 is 7.82 Å². The van der Waals surface area contributed by atoms with Crippen LogP contribution in [0.5, 0.6) is 0 Å². The molecule has 1 rings (SSSR count). The van der Waals surface area contributed by atoms with E-state index in [1.165, 1.54) is 0 Å². The van der Waals surface area contributed by atoms with Crippen LogP contribution in [-0.2, 0) is 4.57 Å². The summed E-state index contributed by atoms with van der Waals surface area (Å²) in [6.45, 7) is 0. The highest BCUT2D eigenvalue weighted by Crippen LogP contribution is 2.42. The summed E-state index contributed by atoms with van der Waals surface area (Å²) >= 11 is 0. The summed E-state index contributed by atoms with van der Waals surface area (Å²) in [5, 5.41) is 11.9. The lowest BCUT2D eigenvalue weighted by atomic mass is 11.2. The van der Waals surface area contributed by atoms with Crippen molar-refractivity contribution in [3.05, 3.63) is 0 Å². The van der Waals surface area contributed by atoms with Gasteiger partial charge in [0.25, 0.3) is 0 Å². The average molecular weight is 165 g/mol. The van der Waals surface area contributed by atoms with Gasteiger partial charge in [-0.05, 0) is 20.7 Å². The summed E-state index contributed by atoms with van der Waals surface area (Å²) < 4.78 is 13.9. The van der Waals surface area contributed by atoms with Crippen LogP contribution < -0.4 is 0 Å². The maximum atomic E-state index is 10.0. The van der Waals surface area contributed by atoms with Crippen LogP contribution in [0, 0.1) is 0 Å². The molecule has 0 saturated heterocycles. The van der Waals surface area contributed by atoms with Crippen molar-refractivity contribution >= 4 is 13.9 Å². The first-order valence-electron chi connectivity index (χ1n) is 2.02. The molecular weight excluding hydrogens is 163 g/mol. The van der Waals surface area contributed by atoms with Gasteiger partial charge < -0.3 is 0 Å². The molecule has 1 aliphatic rings. The predicted octanol–water partition coefficient (Wildman–Crippen LogP) is 0.568. The van der Waals surface area contributed by atoms with Crippen molar-refractivity contribution in [1.29, 1.82) is 0 Å². The molecule has 8 nitrogen and oxygen atoms in total. The standard InChI is InChI=1S/CHN4O4P/c6-10(7,8)9-1-2-4-5-3-1/h(H-,6,7,8)/p+1. The number of hydrogen-bond donors (Lipinski definition) is 2. The van der Waals surface area contributed by atoms with Gasteiger partial charge in [0, 0.05) is 0 Å². The van der Waals surface area contributed by atoms with Crippen LogP contribution in [0.3, 0.4) is 0 Å². The van der Waals surface area contributed by atoms with Crippen LogP contribution in [0.25, 0.3) is 0 Å². The average Bonchev–Trinajstić information content (AvgIpc) is 2.12. The normalized spacial score (nSPS) is 16.4. The Morgan fingerprint density at radius 3 is 2.20 bits per heavy atom. The molecule has 10 heavy (non-hydrogen) atoms. The van der Waals surface area contributed by atoms with Gasteiger partial charge in [-0.3, -0.25) is 0 Å².